The molecular weight excluding hydrogens is 168 g/mol. The summed E-state index contributed by atoms with van der Waals surface area (Å²) in [6, 6.07) is 0. The lowest BCUT2D eigenvalue weighted by molar-refractivity contribution is 0.0853. The first-order valence-electron chi connectivity index (χ1n) is 5.23. The maximum Gasteiger partial charge on any atom is 0.0823 e. The van der Waals surface area contributed by atoms with Crippen molar-refractivity contribution in [1.29, 1.82) is 0 Å². The monoisotopic (exact) mass is 186 g/mol. The molecule has 1 N–H and O–H groups in total. The minimum atomic E-state index is -0.235. The molecule has 3 nitrogen and oxygen atoms in total. The molecule has 2 aliphatic heterocycles. The molecule has 0 saturated carbocycles. The maximum atomic E-state index is 9.50. The predicted molar refractivity (Wildman–Crippen MR) is 48.5 cm³/mol. The lowest BCUT2D eigenvalue weighted by Crippen LogP contribution is -2.19. The Kier molecular flexibility index (Phi) is 3.19. The van der Waals surface area contributed by atoms with Gasteiger partial charge in [-0.05, 0) is 25.7 Å². The van der Waals surface area contributed by atoms with E-state index in [1.54, 1.807) is 0 Å². The van der Waals surface area contributed by atoms with Crippen LogP contribution < -0.4 is 0 Å². The normalized spacial score (nSPS) is 39.9. The largest absolute Gasteiger partial charge is 0.390 e. The van der Waals surface area contributed by atoms with Gasteiger partial charge in [0.15, 0.2) is 0 Å². The Morgan fingerprint density at radius 2 is 2.15 bits per heavy atom. The van der Waals surface area contributed by atoms with E-state index in [0.29, 0.717) is 18.6 Å². The molecule has 0 aromatic carbocycles. The van der Waals surface area contributed by atoms with Gasteiger partial charge in [-0.1, -0.05) is 0 Å². The van der Waals surface area contributed by atoms with Gasteiger partial charge in [0.1, 0.15) is 0 Å². The van der Waals surface area contributed by atoms with Crippen LogP contribution in [-0.2, 0) is 9.47 Å². The molecule has 2 rings (SSSR count). The van der Waals surface area contributed by atoms with Crippen molar-refractivity contribution in [1.82, 2.24) is 0 Å². The van der Waals surface area contributed by atoms with Crippen LogP contribution in [0.1, 0.15) is 25.7 Å². The molecule has 13 heavy (non-hydrogen) atoms. The van der Waals surface area contributed by atoms with Crippen molar-refractivity contribution in [3.63, 3.8) is 0 Å². The third-order valence-electron chi connectivity index (χ3n) is 3.05. The van der Waals surface area contributed by atoms with Crippen LogP contribution in [-0.4, -0.2) is 37.1 Å². The van der Waals surface area contributed by atoms with E-state index in [2.05, 4.69) is 0 Å². The summed E-state index contributed by atoms with van der Waals surface area (Å²) in [7, 11) is 0. The second-order valence-corrected chi connectivity index (χ2v) is 4.08. The van der Waals surface area contributed by atoms with Gasteiger partial charge in [0.2, 0.25) is 0 Å². The number of rotatable bonds is 3. The van der Waals surface area contributed by atoms with Crippen molar-refractivity contribution in [2.24, 2.45) is 5.92 Å². The van der Waals surface area contributed by atoms with E-state index in [9.17, 15) is 5.11 Å². The zero-order valence-electron chi connectivity index (χ0n) is 7.95. The minimum absolute atomic E-state index is 0.235. The molecule has 0 radical (unpaired) electrons. The zero-order chi connectivity index (χ0) is 9.10. The molecule has 3 heteroatoms. The molecular formula is C10H18O3. The molecule has 3 unspecified atom stereocenters. The standard InChI is InChI=1S/C10H18O3/c11-10-7-12-6-8(10)3-4-9-2-1-5-13-9/h8-11H,1-7H2. The van der Waals surface area contributed by atoms with Gasteiger partial charge in [-0.15, -0.1) is 0 Å². The molecule has 0 bridgehead atoms. The first-order valence-corrected chi connectivity index (χ1v) is 5.23. The summed E-state index contributed by atoms with van der Waals surface area (Å²) in [6.45, 7) is 2.18. The van der Waals surface area contributed by atoms with Crippen LogP contribution in [0.3, 0.4) is 0 Å². The summed E-state index contributed by atoms with van der Waals surface area (Å²) < 4.78 is 10.7. The fraction of sp³-hybridized carbons (Fsp3) is 1.00. The number of ether oxygens (including phenoxy) is 2. The van der Waals surface area contributed by atoms with E-state index < -0.39 is 0 Å². The fourth-order valence-electron chi connectivity index (χ4n) is 2.14. The van der Waals surface area contributed by atoms with Gasteiger partial charge in [-0.25, -0.2) is 0 Å². The van der Waals surface area contributed by atoms with Gasteiger partial charge in [0.05, 0.1) is 25.4 Å². The minimum Gasteiger partial charge on any atom is -0.390 e. The summed E-state index contributed by atoms with van der Waals surface area (Å²) in [5.41, 5.74) is 0. The summed E-state index contributed by atoms with van der Waals surface area (Å²) in [5.74, 6) is 0.351. The average Bonchev–Trinajstić information content (AvgIpc) is 2.72. The van der Waals surface area contributed by atoms with E-state index in [1.807, 2.05) is 0 Å². The molecule has 0 spiro atoms. The Morgan fingerprint density at radius 3 is 2.77 bits per heavy atom. The van der Waals surface area contributed by atoms with Gasteiger partial charge >= 0.3 is 0 Å². The number of aliphatic hydroxyl groups is 1. The second kappa shape index (κ2) is 4.40. The first-order chi connectivity index (χ1) is 6.36. The molecule has 0 aromatic heterocycles. The third-order valence-corrected chi connectivity index (χ3v) is 3.05. The quantitative estimate of drug-likeness (QED) is 0.713. The SMILES string of the molecule is OC1COCC1CCC1CCCO1. The van der Waals surface area contributed by atoms with Crippen molar-refractivity contribution < 1.29 is 14.6 Å². The van der Waals surface area contributed by atoms with Gasteiger partial charge in [-0.3, -0.25) is 0 Å². The van der Waals surface area contributed by atoms with Gasteiger partial charge < -0.3 is 14.6 Å². The van der Waals surface area contributed by atoms with Gasteiger partial charge in [-0.2, -0.15) is 0 Å². The third kappa shape index (κ3) is 2.42. The Labute approximate surface area is 79.0 Å². The van der Waals surface area contributed by atoms with Gasteiger partial charge in [0.25, 0.3) is 0 Å². The van der Waals surface area contributed by atoms with Crippen LogP contribution in [0.25, 0.3) is 0 Å². The Balaban J connectivity index is 1.66. The molecule has 0 aromatic rings. The molecule has 2 saturated heterocycles. The zero-order valence-corrected chi connectivity index (χ0v) is 7.95. The molecule has 2 heterocycles. The summed E-state index contributed by atoms with van der Waals surface area (Å²) in [5, 5.41) is 9.50. The van der Waals surface area contributed by atoms with Crippen molar-refractivity contribution in [2.75, 3.05) is 19.8 Å². The van der Waals surface area contributed by atoms with Crippen LogP contribution >= 0.6 is 0 Å². The molecule has 2 fully saturated rings. The van der Waals surface area contributed by atoms with Gasteiger partial charge in [0, 0.05) is 12.5 Å². The van der Waals surface area contributed by atoms with Crippen molar-refractivity contribution in [3.05, 3.63) is 0 Å². The lowest BCUT2D eigenvalue weighted by Gasteiger charge is -2.14. The highest BCUT2D eigenvalue weighted by Gasteiger charge is 2.27. The highest BCUT2D eigenvalue weighted by molar-refractivity contribution is 4.76. The maximum absolute atomic E-state index is 9.50. The molecule has 0 aliphatic carbocycles. The fourth-order valence-corrected chi connectivity index (χ4v) is 2.14. The lowest BCUT2D eigenvalue weighted by atomic mass is 9.97. The highest BCUT2D eigenvalue weighted by atomic mass is 16.5. The topological polar surface area (TPSA) is 38.7 Å². The average molecular weight is 186 g/mol. The number of hydrogen-bond donors (Lipinski definition) is 1. The van der Waals surface area contributed by atoms with Crippen molar-refractivity contribution in [3.8, 4) is 0 Å². The smallest absolute Gasteiger partial charge is 0.0823 e. The van der Waals surface area contributed by atoms with E-state index in [4.69, 9.17) is 9.47 Å². The highest BCUT2D eigenvalue weighted by Crippen LogP contribution is 2.24. The first kappa shape index (κ1) is 9.44. The van der Waals surface area contributed by atoms with E-state index in [1.165, 1.54) is 12.8 Å². The Morgan fingerprint density at radius 1 is 1.23 bits per heavy atom. The van der Waals surface area contributed by atoms with Crippen molar-refractivity contribution in [2.45, 2.75) is 37.9 Å². The van der Waals surface area contributed by atoms with Crippen LogP contribution in [0.15, 0.2) is 0 Å². The van der Waals surface area contributed by atoms with Crippen LogP contribution in [0.2, 0.25) is 0 Å². The van der Waals surface area contributed by atoms with E-state index in [-0.39, 0.29) is 6.10 Å². The Bertz CT molecular complexity index is 154. The summed E-state index contributed by atoms with van der Waals surface area (Å²) >= 11 is 0. The van der Waals surface area contributed by atoms with E-state index >= 15 is 0 Å². The van der Waals surface area contributed by atoms with Crippen molar-refractivity contribution >= 4 is 0 Å². The number of aliphatic hydroxyl groups excluding tert-OH is 1. The summed E-state index contributed by atoms with van der Waals surface area (Å²) in [6.07, 6.45) is 4.75. The van der Waals surface area contributed by atoms with E-state index in [0.717, 1.165) is 26.1 Å². The molecule has 3 atom stereocenters. The number of hydrogen-bond acceptors (Lipinski definition) is 3. The second-order valence-electron chi connectivity index (χ2n) is 4.08. The van der Waals surface area contributed by atoms with Crippen LogP contribution in [0.4, 0.5) is 0 Å². The summed E-state index contributed by atoms with van der Waals surface area (Å²) in [4.78, 5) is 0. The Hall–Kier alpha value is -0.120. The predicted octanol–water partition coefficient (Wildman–Crippen LogP) is 0.953. The molecule has 2 aliphatic rings. The molecule has 0 amide bonds. The molecule has 76 valence electrons. The van der Waals surface area contributed by atoms with Crippen LogP contribution in [0, 0.1) is 5.92 Å². The van der Waals surface area contributed by atoms with Crippen LogP contribution in [0.5, 0.6) is 0 Å².